The molecule has 0 spiro atoms. The first-order valence-electron chi connectivity index (χ1n) is 7.23. The Balaban J connectivity index is 1.72. The summed E-state index contributed by atoms with van der Waals surface area (Å²) in [5.74, 6) is -0.0402. The number of allylic oxidation sites excluding steroid dienone is 1. The molecule has 1 aliphatic carbocycles. The van der Waals surface area contributed by atoms with Crippen LogP contribution in [0.4, 0.5) is 0 Å². The molecule has 0 aliphatic heterocycles. The van der Waals surface area contributed by atoms with Gasteiger partial charge in [0.05, 0.1) is 12.0 Å². The van der Waals surface area contributed by atoms with E-state index in [2.05, 4.69) is 17.5 Å². The van der Waals surface area contributed by atoms with Crippen LogP contribution in [0.25, 0.3) is 0 Å². The predicted octanol–water partition coefficient (Wildman–Crippen LogP) is 3.77. The van der Waals surface area contributed by atoms with Crippen molar-refractivity contribution < 1.29 is 0 Å². The Morgan fingerprint density at radius 1 is 1.21 bits per heavy atom. The molecule has 2 rings (SSSR count). The van der Waals surface area contributed by atoms with Crippen LogP contribution in [-0.4, -0.2) is 13.1 Å². The van der Waals surface area contributed by atoms with E-state index in [1.54, 1.807) is 5.57 Å². The first-order valence-corrected chi connectivity index (χ1v) is 7.23. The molecule has 2 heteroatoms. The van der Waals surface area contributed by atoms with Crippen LogP contribution in [0.2, 0.25) is 0 Å². The van der Waals surface area contributed by atoms with Crippen molar-refractivity contribution in [2.75, 3.05) is 13.1 Å². The molecular weight excluding hydrogens is 232 g/mol. The van der Waals surface area contributed by atoms with E-state index in [1.165, 1.54) is 25.7 Å². The Kier molecular flexibility index (Phi) is 5.65. The van der Waals surface area contributed by atoms with Crippen LogP contribution in [0.15, 0.2) is 42.0 Å². The molecule has 1 aromatic carbocycles. The summed E-state index contributed by atoms with van der Waals surface area (Å²) in [5, 5.41) is 12.6. The van der Waals surface area contributed by atoms with Crippen molar-refractivity contribution >= 4 is 0 Å². The monoisotopic (exact) mass is 254 g/mol. The SMILES string of the molecule is N#CC(CNCCC1=CCCCC1)c1ccccc1. The number of hydrogen-bond acceptors (Lipinski definition) is 2. The molecule has 0 fully saturated rings. The fourth-order valence-corrected chi connectivity index (χ4v) is 2.55. The minimum Gasteiger partial charge on any atom is -0.315 e. The van der Waals surface area contributed by atoms with Gasteiger partial charge in [0.2, 0.25) is 0 Å². The van der Waals surface area contributed by atoms with Crippen LogP contribution in [0, 0.1) is 11.3 Å². The van der Waals surface area contributed by atoms with Crippen LogP contribution < -0.4 is 5.32 Å². The number of nitriles is 1. The lowest BCUT2D eigenvalue weighted by molar-refractivity contribution is 0.617. The molecule has 2 nitrogen and oxygen atoms in total. The Hall–Kier alpha value is -1.59. The van der Waals surface area contributed by atoms with Crippen molar-refractivity contribution in [1.82, 2.24) is 5.32 Å². The number of benzene rings is 1. The third-order valence-corrected chi connectivity index (χ3v) is 3.71. The van der Waals surface area contributed by atoms with E-state index in [4.69, 9.17) is 0 Å². The molecule has 19 heavy (non-hydrogen) atoms. The van der Waals surface area contributed by atoms with Gasteiger partial charge in [-0.1, -0.05) is 42.0 Å². The first-order chi connectivity index (χ1) is 9.40. The summed E-state index contributed by atoms with van der Waals surface area (Å²) in [4.78, 5) is 0. The molecule has 1 aromatic rings. The summed E-state index contributed by atoms with van der Waals surface area (Å²) in [7, 11) is 0. The highest BCUT2D eigenvalue weighted by molar-refractivity contribution is 5.25. The Morgan fingerprint density at radius 3 is 2.74 bits per heavy atom. The van der Waals surface area contributed by atoms with Crippen LogP contribution >= 0.6 is 0 Å². The third-order valence-electron chi connectivity index (χ3n) is 3.71. The summed E-state index contributed by atoms with van der Waals surface area (Å²) < 4.78 is 0. The molecule has 1 N–H and O–H groups in total. The van der Waals surface area contributed by atoms with Crippen molar-refractivity contribution in [3.63, 3.8) is 0 Å². The van der Waals surface area contributed by atoms with E-state index < -0.39 is 0 Å². The minimum atomic E-state index is -0.0402. The van der Waals surface area contributed by atoms with Gasteiger partial charge in [0.1, 0.15) is 0 Å². The average Bonchev–Trinajstić information content (AvgIpc) is 2.49. The number of hydrogen-bond donors (Lipinski definition) is 1. The molecule has 1 aliphatic rings. The molecule has 0 saturated carbocycles. The highest BCUT2D eigenvalue weighted by Crippen LogP contribution is 2.19. The van der Waals surface area contributed by atoms with Gasteiger partial charge in [-0.15, -0.1) is 0 Å². The van der Waals surface area contributed by atoms with Crippen LogP contribution in [0.5, 0.6) is 0 Å². The third kappa shape index (κ3) is 4.54. The van der Waals surface area contributed by atoms with Gasteiger partial charge in [0.15, 0.2) is 0 Å². The van der Waals surface area contributed by atoms with Gasteiger partial charge in [-0.2, -0.15) is 5.26 Å². The number of rotatable bonds is 6. The van der Waals surface area contributed by atoms with E-state index >= 15 is 0 Å². The maximum atomic E-state index is 9.23. The van der Waals surface area contributed by atoms with Crippen molar-refractivity contribution in [2.45, 2.75) is 38.0 Å². The second-order valence-corrected chi connectivity index (χ2v) is 5.15. The Morgan fingerprint density at radius 2 is 2.05 bits per heavy atom. The number of nitrogens with one attached hydrogen (secondary N) is 1. The topological polar surface area (TPSA) is 35.8 Å². The molecule has 0 radical (unpaired) electrons. The fraction of sp³-hybridized carbons (Fsp3) is 0.471. The first kappa shape index (κ1) is 13.8. The summed E-state index contributed by atoms with van der Waals surface area (Å²) >= 11 is 0. The zero-order valence-electron chi connectivity index (χ0n) is 11.4. The second-order valence-electron chi connectivity index (χ2n) is 5.15. The lowest BCUT2D eigenvalue weighted by Gasteiger charge is -2.14. The maximum Gasteiger partial charge on any atom is 0.0837 e. The van der Waals surface area contributed by atoms with E-state index in [1.807, 2.05) is 30.3 Å². The molecular formula is C17H22N2. The van der Waals surface area contributed by atoms with Gasteiger partial charge in [-0.25, -0.2) is 0 Å². The minimum absolute atomic E-state index is 0.0402. The van der Waals surface area contributed by atoms with Gasteiger partial charge in [0.25, 0.3) is 0 Å². The molecule has 0 aromatic heterocycles. The van der Waals surface area contributed by atoms with Gasteiger partial charge in [-0.3, -0.25) is 0 Å². The second kappa shape index (κ2) is 7.76. The normalized spacial score (nSPS) is 16.5. The highest BCUT2D eigenvalue weighted by atomic mass is 14.9. The average molecular weight is 254 g/mol. The van der Waals surface area contributed by atoms with Crippen LogP contribution in [0.1, 0.15) is 43.6 Å². The van der Waals surface area contributed by atoms with Crippen molar-refractivity contribution in [3.8, 4) is 6.07 Å². The van der Waals surface area contributed by atoms with Crippen LogP contribution in [0.3, 0.4) is 0 Å². The van der Waals surface area contributed by atoms with Gasteiger partial charge in [0, 0.05) is 6.54 Å². The highest BCUT2D eigenvalue weighted by Gasteiger charge is 2.09. The zero-order valence-corrected chi connectivity index (χ0v) is 11.4. The fourth-order valence-electron chi connectivity index (χ4n) is 2.55. The van der Waals surface area contributed by atoms with Crippen LogP contribution in [-0.2, 0) is 0 Å². The van der Waals surface area contributed by atoms with E-state index in [9.17, 15) is 5.26 Å². The summed E-state index contributed by atoms with van der Waals surface area (Å²) in [6.07, 6.45) is 8.73. The summed E-state index contributed by atoms with van der Waals surface area (Å²) in [6, 6.07) is 12.4. The molecule has 100 valence electrons. The number of nitrogens with zero attached hydrogens (tertiary/aromatic N) is 1. The summed E-state index contributed by atoms with van der Waals surface area (Å²) in [5.41, 5.74) is 2.70. The Labute approximate surface area is 116 Å². The van der Waals surface area contributed by atoms with E-state index in [0.717, 1.165) is 25.1 Å². The smallest absolute Gasteiger partial charge is 0.0837 e. The molecule has 0 saturated heterocycles. The van der Waals surface area contributed by atoms with Crippen molar-refractivity contribution in [2.24, 2.45) is 0 Å². The lowest BCUT2D eigenvalue weighted by Crippen LogP contribution is -2.22. The molecule has 0 bridgehead atoms. The largest absolute Gasteiger partial charge is 0.315 e. The Bertz CT molecular complexity index is 442. The van der Waals surface area contributed by atoms with Crippen molar-refractivity contribution in [1.29, 1.82) is 5.26 Å². The van der Waals surface area contributed by atoms with Crippen molar-refractivity contribution in [3.05, 3.63) is 47.5 Å². The predicted molar refractivity (Wildman–Crippen MR) is 78.8 cm³/mol. The lowest BCUT2D eigenvalue weighted by atomic mass is 9.97. The zero-order chi connectivity index (χ0) is 13.3. The van der Waals surface area contributed by atoms with E-state index in [-0.39, 0.29) is 5.92 Å². The molecule has 1 atom stereocenters. The van der Waals surface area contributed by atoms with Gasteiger partial charge >= 0.3 is 0 Å². The molecule has 0 heterocycles. The van der Waals surface area contributed by atoms with E-state index in [0.29, 0.717) is 0 Å². The van der Waals surface area contributed by atoms with Gasteiger partial charge < -0.3 is 5.32 Å². The molecule has 0 amide bonds. The van der Waals surface area contributed by atoms with Gasteiger partial charge in [-0.05, 0) is 44.2 Å². The standard InChI is InChI=1S/C17H22N2/c18-13-17(16-9-5-2-6-10-16)14-19-12-11-15-7-3-1-4-8-15/h2,5-7,9-10,17,19H,1,3-4,8,11-12,14H2. The maximum absolute atomic E-state index is 9.23. The quantitative estimate of drug-likeness (QED) is 0.619. The summed E-state index contributed by atoms with van der Waals surface area (Å²) in [6.45, 7) is 1.73. The molecule has 1 unspecified atom stereocenters.